The Kier molecular flexibility index (Phi) is 7.07. The van der Waals surface area contributed by atoms with Gasteiger partial charge in [0.2, 0.25) is 0 Å². The molecule has 2 aliphatic carbocycles. The van der Waals surface area contributed by atoms with Gasteiger partial charge < -0.3 is 9.47 Å². The molecular formula is C33H32N4O4. The van der Waals surface area contributed by atoms with E-state index in [4.69, 9.17) is 29.4 Å². The molecule has 4 heterocycles. The van der Waals surface area contributed by atoms with Gasteiger partial charge in [-0.1, -0.05) is 24.3 Å². The van der Waals surface area contributed by atoms with E-state index in [-0.39, 0.29) is 24.8 Å². The van der Waals surface area contributed by atoms with Gasteiger partial charge >= 0.3 is 11.9 Å². The fourth-order valence-electron chi connectivity index (χ4n) is 6.92. The second-order valence-electron chi connectivity index (χ2n) is 10.5. The maximum Gasteiger partial charge on any atom is 0.305 e. The Morgan fingerprint density at radius 3 is 1.20 bits per heavy atom. The van der Waals surface area contributed by atoms with Crippen LogP contribution in [0, 0.1) is 0 Å². The molecule has 208 valence electrons. The van der Waals surface area contributed by atoms with E-state index in [0.717, 1.165) is 45.0 Å². The number of esters is 2. The van der Waals surface area contributed by atoms with Crippen molar-refractivity contribution in [2.75, 3.05) is 13.2 Å². The van der Waals surface area contributed by atoms with Crippen LogP contribution in [-0.2, 0) is 29.9 Å². The molecule has 0 saturated carbocycles. The third-order valence-electron chi connectivity index (χ3n) is 8.47. The van der Waals surface area contributed by atoms with Crippen molar-refractivity contribution in [1.82, 2.24) is 19.9 Å². The van der Waals surface area contributed by atoms with E-state index in [0.29, 0.717) is 32.5 Å². The average molecular weight is 549 g/mol. The fraction of sp³-hybridized carbons (Fsp3) is 0.333. The molecule has 0 bridgehead atoms. The standard InChI is InChI=1S/C33H32N4O4/c1-3-40-26(38)13-15-32(22-9-5-17-34-28(22)29-23(32)10-6-18-35-29)21-33(16-14-27(39)41-4-2)24-11-7-19-36-30(24)31-25(33)12-8-20-37-31/h5-12,17-20H,3-4,13-16,21H2,1-2H3. The van der Waals surface area contributed by atoms with Gasteiger partial charge in [0.25, 0.3) is 0 Å². The summed E-state index contributed by atoms with van der Waals surface area (Å²) >= 11 is 0. The highest BCUT2D eigenvalue weighted by molar-refractivity contribution is 5.80. The molecule has 0 saturated heterocycles. The molecule has 41 heavy (non-hydrogen) atoms. The monoisotopic (exact) mass is 548 g/mol. The van der Waals surface area contributed by atoms with Crippen LogP contribution in [0.1, 0.15) is 68.2 Å². The zero-order valence-electron chi connectivity index (χ0n) is 23.3. The van der Waals surface area contributed by atoms with Gasteiger partial charge in [-0.25, -0.2) is 0 Å². The highest BCUT2D eigenvalue weighted by Crippen LogP contribution is 2.60. The molecular weight excluding hydrogens is 516 g/mol. The Balaban J connectivity index is 1.58. The smallest absolute Gasteiger partial charge is 0.305 e. The van der Waals surface area contributed by atoms with Gasteiger partial charge in [-0.15, -0.1) is 0 Å². The summed E-state index contributed by atoms with van der Waals surface area (Å²) in [7, 11) is 0. The normalized spacial score (nSPS) is 14.9. The van der Waals surface area contributed by atoms with Gasteiger partial charge in [-0.2, -0.15) is 0 Å². The Bertz CT molecular complexity index is 1410. The lowest BCUT2D eigenvalue weighted by atomic mass is 9.60. The van der Waals surface area contributed by atoms with Gasteiger partial charge in [0.1, 0.15) is 0 Å². The Morgan fingerprint density at radius 2 is 0.902 bits per heavy atom. The van der Waals surface area contributed by atoms with E-state index in [1.807, 2.05) is 38.1 Å². The van der Waals surface area contributed by atoms with Crippen molar-refractivity contribution >= 4 is 11.9 Å². The number of ether oxygens (including phenoxy) is 2. The predicted molar refractivity (Wildman–Crippen MR) is 153 cm³/mol. The first kappa shape index (κ1) is 26.7. The molecule has 0 aliphatic heterocycles. The lowest BCUT2D eigenvalue weighted by molar-refractivity contribution is -0.144. The SMILES string of the molecule is CCOC(=O)CCC1(CC2(CCC(=O)OCC)c3cccnc3-c3ncccc32)c2cccnc2-c2ncccc21. The average Bonchev–Trinajstić information content (AvgIpc) is 3.44. The van der Waals surface area contributed by atoms with Crippen LogP contribution < -0.4 is 0 Å². The second kappa shape index (κ2) is 10.8. The number of rotatable bonds is 10. The van der Waals surface area contributed by atoms with Crippen LogP contribution in [0.5, 0.6) is 0 Å². The lowest BCUT2D eigenvalue weighted by Gasteiger charge is -2.42. The first-order chi connectivity index (χ1) is 20.0. The van der Waals surface area contributed by atoms with E-state index in [1.54, 1.807) is 24.8 Å². The minimum absolute atomic E-state index is 0.226. The van der Waals surface area contributed by atoms with Crippen LogP contribution in [-0.4, -0.2) is 45.1 Å². The number of carbonyl (C=O) groups excluding carboxylic acids is 2. The molecule has 0 aromatic carbocycles. The van der Waals surface area contributed by atoms with Crippen LogP contribution >= 0.6 is 0 Å². The minimum Gasteiger partial charge on any atom is -0.466 e. The number of nitrogens with zero attached hydrogens (tertiary/aromatic N) is 4. The lowest BCUT2D eigenvalue weighted by Crippen LogP contribution is -2.39. The molecule has 0 spiro atoms. The van der Waals surface area contributed by atoms with E-state index in [1.165, 1.54) is 0 Å². The Hall–Kier alpha value is -4.46. The van der Waals surface area contributed by atoms with E-state index < -0.39 is 10.8 Å². The molecule has 0 fully saturated rings. The minimum atomic E-state index is -0.640. The molecule has 0 N–H and O–H groups in total. The predicted octanol–water partition coefficient (Wildman–Crippen LogP) is 5.58. The molecule has 8 heteroatoms. The summed E-state index contributed by atoms with van der Waals surface area (Å²) in [6.07, 6.45) is 9.13. The molecule has 8 nitrogen and oxygen atoms in total. The topological polar surface area (TPSA) is 104 Å². The van der Waals surface area contributed by atoms with Crippen molar-refractivity contribution in [3.63, 3.8) is 0 Å². The van der Waals surface area contributed by atoms with Gasteiger partial charge in [0.05, 0.1) is 36.0 Å². The molecule has 0 unspecified atom stereocenters. The summed E-state index contributed by atoms with van der Waals surface area (Å²) in [5, 5.41) is 0. The van der Waals surface area contributed by atoms with Crippen LogP contribution in [0.3, 0.4) is 0 Å². The molecule has 0 radical (unpaired) electrons. The maximum atomic E-state index is 12.8. The van der Waals surface area contributed by atoms with Crippen molar-refractivity contribution in [1.29, 1.82) is 0 Å². The zero-order valence-corrected chi connectivity index (χ0v) is 23.3. The van der Waals surface area contributed by atoms with E-state index >= 15 is 0 Å². The van der Waals surface area contributed by atoms with Crippen molar-refractivity contribution < 1.29 is 19.1 Å². The maximum absolute atomic E-state index is 12.8. The Labute approximate surface area is 239 Å². The van der Waals surface area contributed by atoms with Gasteiger partial charge in [-0.05, 0) is 79.6 Å². The molecule has 0 atom stereocenters. The highest BCUT2D eigenvalue weighted by Gasteiger charge is 2.54. The van der Waals surface area contributed by atoms with Gasteiger partial charge in [0.15, 0.2) is 0 Å². The van der Waals surface area contributed by atoms with Crippen LogP contribution in [0.2, 0.25) is 0 Å². The van der Waals surface area contributed by atoms with Crippen molar-refractivity contribution in [3.05, 3.63) is 95.6 Å². The first-order valence-corrected chi connectivity index (χ1v) is 14.2. The summed E-state index contributed by atoms with van der Waals surface area (Å²) in [5.41, 5.74) is 6.11. The highest BCUT2D eigenvalue weighted by atomic mass is 16.5. The number of aromatic nitrogens is 4. The van der Waals surface area contributed by atoms with Crippen molar-refractivity contribution in [3.8, 4) is 22.8 Å². The fourth-order valence-corrected chi connectivity index (χ4v) is 6.92. The summed E-state index contributed by atoms with van der Waals surface area (Å²) in [4.78, 5) is 44.7. The van der Waals surface area contributed by atoms with Crippen LogP contribution in [0.25, 0.3) is 22.8 Å². The number of hydrogen-bond donors (Lipinski definition) is 0. The molecule has 4 aromatic rings. The Morgan fingerprint density at radius 1 is 0.585 bits per heavy atom. The second-order valence-corrected chi connectivity index (χ2v) is 10.5. The first-order valence-electron chi connectivity index (χ1n) is 14.2. The summed E-state index contributed by atoms with van der Waals surface area (Å²) in [5.74, 6) is -0.489. The summed E-state index contributed by atoms with van der Waals surface area (Å²) in [6.45, 7) is 4.28. The summed E-state index contributed by atoms with van der Waals surface area (Å²) < 4.78 is 10.8. The third kappa shape index (κ3) is 4.38. The number of carbonyl (C=O) groups is 2. The van der Waals surface area contributed by atoms with E-state index in [9.17, 15) is 9.59 Å². The van der Waals surface area contributed by atoms with E-state index in [2.05, 4.69) is 24.3 Å². The number of pyridine rings is 4. The molecule has 4 aromatic heterocycles. The number of fused-ring (bicyclic) bond motifs is 6. The van der Waals surface area contributed by atoms with Crippen LogP contribution in [0.15, 0.2) is 73.3 Å². The van der Waals surface area contributed by atoms with Gasteiger partial charge in [-0.3, -0.25) is 29.5 Å². The molecule has 6 rings (SSSR count). The summed E-state index contributed by atoms with van der Waals surface area (Å²) in [6, 6.07) is 16.1. The largest absolute Gasteiger partial charge is 0.466 e. The van der Waals surface area contributed by atoms with Gasteiger partial charge in [0, 0.05) is 48.5 Å². The zero-order chi connectivity index (χ0) is 28.5. The number of hydrogen-bond acceptors (Lipinski definition) is 8. The molecule has 0 amide bonds. The van der Waals surface area contributed by atoms with Crippen LogP contribution in [0.4, 0.5) is 0 Å². The van der Waals surface area contributed by atoms with Crippen molar-refractivity contribution in [2.24, 2.45) is 0 Å². The van der Waals surface area contributed by atoms with Crippen molar-refractivity contribution in [2.45, 2.75) is 56.8 Å². The molecule has 2 aliphatic rings. The third-order valence-corrected chi connectivity index (χ3v) is 8.47. The quantitative estimate of drug-likeness (QED) is 0.237.